The van der Waals surface area contributed by atoms with Gasteiger partial charge in [0, 0.05) is 5.56 Å². The first-order chi connectivity index (χ1) is 7.41. The lowest BCUT2D eigenvalue weighted by Crippen LogP contribution is -2.26. The molecule has 84 valence electrons. The molecule has 0 fully saturated rings. The molecule has 0 amide bonds. The molecule has 2 heteroatoms. The van der Waals surface area contributed by atoms with Crippen molar-refractivity contribution in [1.82, 2.24) is 0 Å². The molecule has 1 N–H and O–H groups in total. The second kappa shape index (κ2) is 4.85. The lowest BCUT2D eigenvalue weighted by Gasteiger charge is -2.22. The van der Waals surface area contributed by atoms with E-state index in [1.165, 1.54) is 0 Å². The van der Waals surface area contributed by atoms with Crippen molar-refractivity contribution in [2.45, 2.75) is 20.8 Å². The number of carbonyl (C=O) groups is 1. The average Bonchev–Trinajstić information content (AvgIpc) is 2.17. The zero-order valence-electron chi connectivity index (χ0n) is 9.82. The van der Waals surface area contributed by atoms with Crippen LogP contribution in [-0.4, -0.2) is 11.1 Å². The Kier molecular flexibility index (Phi) is 3.73. The van der Waals surface area contributed by atoms with Crippen LogP contribution in [0.4, 0.5) is 0 Å². The Bertz CT molecular complexity index is 416. The Balaban J connectivity index is 2.94. The molecule has 0 saturated heterocycles. The minimum atomic E-state index is -0.865. The molecule has 1 rings (SSSR count). The van der Waals surface area contributed by atoms with Crippen molar-refractivity contribution in [2.24, 2.45) is 11.3 Å². The first-order valence-corrected chi connectivity index (χ1v) is 5.20. The fourth-order valence-electron chi connectivity index (χ4n) is 1.33. The highest BCUT2D eigenvalue weighted by Crippen LogP contribution is 2.25. The van der Waals surface area contributed by atoms with E-state index in [-0.39, 0.29) is 5.41 Å². The van der Waals surface area contributed by atoms with Crippen LogP contribution in [0.5, 0.6) is 0 Å². The summed E-state index contributed by atoms with van der Waals surface area (Å²) in [6.45, 7) is 5.64. The Hall–Kier alpha value is -1.75. The van der Waals surface area contributed by atoms with Crippen LogP contribution in [0.25, 0.3) is 0 Å². The third-order valence-electron chi connectivity index (χ3n) is 2.25. The molecule has 0 saturated carbocycles. The van der Waals surface area contributed by atoms with E-state index in [4.69, 9.17) is 5.11 Å². The van der Waals surface area contributed by atoms with E-state index in [2.05, 4.69) is 11.8 Å². The highest BCUT2D eigenvalue weighted by atomic mass is 16.4. The van der Waals surface area contributed by atoms with Crippen LogP contribution in [-0.2, 0) is 4.79 Å². The van der Waals surface area contributed by atoms with Gasteiger partial charge in [0.25, 0.3) is 0 Å². The fraction of sp³-hybridized carbons (Fsp3) is 0.357. The molecule has 1 atom stereocenters. The summed E-state index contributed by atoms with van der Waals surface area (Å²) in [5.74, 6) is 4.22. The normalized spacial score (nSPS) is 12.4. The summed E-state index contributed by atoms with van der Waals surface area (Å²) in [4.78, 5) is 11.1. The van der Waals surface area contributed by atoms with Gasteiger partial charge in [-0.05, 0) is 17.5 Å². The SMILES string of the molecule is CC(C)(C)C(C#Cc1ccccc1)C(=O)O. The van der Waals surface area contributed by atoms with E-state index in [1.54, 1.807) is 0 Å². The Morgan fingerprint density at radius 3 is 2.25 bits per heavy atom. The van der Waals surface area contributed by atoms with Gasteiger partial charge in [0.15, 0.2) is 0 Å². The zero-order valence-corrected chi connectivity index (χ0v) is 9.82. The third-order valence-corrected chi connectivity index (χ3v) is 2.25. The molecule has 0 heterocycles. The maximum Gasteiger partial charge on any atom is 0.319 e. The first kappa shape index (κ1) is 12.3. The number of hydrogen-bond acceptors (Lipinski definition) is 1. The van der Waals surface area contributed by atoms with Crippen molar-refractivity contribution in [1.29, 1.82) is 0 Å². The van der Waals surface area contributed by atoms with Crippen molar-refractivity contribution < 1.29 is 9.90 Å². The Labute approximate surface area is 96.3 Å². The van der Waals surface area contributed by atoms with Crippen LogP contribution in [0.15, 0.2) is 30.3 Å². The molecule has 0 aromatic heterocycles. The van der Waals surface area contributed by atoms with E-state index in [0.29, 0.717) is 0 Å². The minimum absolute atomic E-state index is 0.354. The number of carboxylic acid groups (broad SMARTS) is 1. The number of hydrogen-bond donors (Lipinski definition) is 1. The van der Waals surface area contributed by atoms with Crippen LogP contribution in [0.1, 0.15) is 26.3 Å². The standard InChI is InChI=1S/C14H16O2/c1-14(2,3)12(13(15)16)10-9-11-7-5-4-6-8-11/h4-8,12H,1-3H3,(H,15,16). The molecule has 0 bridgehead atoms. The molecule has 1 aromatic rings. The van der Waals surface area contributed by atoms with Crippen molar-refractivity contribution >= 4 is 5.97 Å². The lowest BCUT2D eigenvalue weighted by atomic mass is 9.81. The van der Waals surface area contributed by atoms with Gasteiger partial charge < -0.3 is 5.11 Å². The van der Waals surface area contributed by atoms with E-state index in [1.807, 2.05) is 51.1 Å². The third kappa shape index (κ3) is 3.43. The quantitative estimate of drug-likeness (QED) is 0.733. The highest BCUT2D eigenvalue weighted by molar-refractivity contribution is 5.74. The summed E-state index contributed by atoms with van der Waals surface area (Å²) in [6.07, 6.45) is 0. The molecule has 0 radical (unpaired) electrons. The Morgan fingerprint density at radius 2 is 1.81 bits per heavy atom. The largest absolute Gasteiger partial charge is 0.480 e. The molecule has 0 aliphatic heterocycles. The second-order valence-electron chi connectivity index (χ2n) is 4.77. The van der Waals surface area contributed by atoms with Crippen LogP contribution >= 0.6 is 0 Å². The zero-order chi connectivity index (χ0) is 12.2. The number of rotatable bonds is 1. The molecule has 2 nitrogen and oxygen atoms in total. The maximum atomic E-state index is 11.1. The van der Waals surface area contributed by atoms with Gasteiger partial charge in [-0.1, -0.05) is 50.8 Å². The molecular formula is C14H16O2. The second-order valence-corrected chi connectivity index (χ2v) is 4.77. The first-order valence-electron chi connectivity index (χ1n) is 5.20. The summed E-state index contributed by atoms with van der Waals surface area (Å²) < 4.78 is 0. The molecule has 0 aliphatic rings. The van der Waals surface area contributed by atoms with Gasteiger partial charge in [0.05, 0.1) is 0 Å². The van der Waals surface area contributed by atoms with Gasteiger partial charge in [-0.2, -0.15) is 0 Å². The van der Waals surface area contributed by atoms with Gasteiger partial charge >= 0.3 is 5.97 Å². The average molecular weight is 216 g/mol. The highest BCUT2D eigenvalue weighted by Gasteiger charge is 2.29. The summed E-state index contributed by atoms with van der Waals surface area (Å²) in [5.41, 5.74) is 0.492. The van der Waals surface area contributed by atoms with Crippen molar-refractivity contribution in [2.75, 3.05) is 0 Å². The van der Waals surface area contributed by atoms with E-state index in [9.17, 15) is 4.79 Å². The molecule has 1 aromatic carbocycles. The lowest BCUT2D eigenvalue weighted by molar-refractivity contribution is -0.142. The topological polar surface area (TPSA) is 37.3 Å². The number of carboxylic acids is 1. The summed E-state index contributed by atoms with van der Waals surface area (Å²) in [7, 11) is 0. The molecule has 0 aliphatic carbocycles. The summed E-state index contributed by atoms with van der Waals surface area (Å²) in [5, 5.41) is 9.08. The smallest absolute Gasteiger partial charge is 0.319 e. The summed E-state index contributed by atoms with van der Waals surface area (Å²) in [6, 6.07) is 9.42. The van der Waals surface area contributed by atoms with Crippen LogP contribution < -0.4 is 0 Å². The summed E-state index contributed by atoms with van der Waals surface area (Å²) >= 11 is 0. The number of aliphatic carboxylic acids is 1. The molecular weight excluding hydrogens is 200 g/mol. The van der Waals surface area contributed by atoms with Gasteiger partial charge in [0.1, 0.15) is 5.92 Å². The molecule has 0 spiro atoms. The van der Waals surface area contributed by atoms with Gasteiger partial charge in [-0.3, -0.25) is 4.79 Å². The number of benzene rings is 1. The molecule has 16 heavy (non-hydrogen) atoms. The van der Waals surface area contributed by atoms with Crippen molar-refractivity contribution in [3.05, 3.63) is 35.9 Å². The maximum absolute atomic E-state index is 11.1. The van der Waals surface area contributed by atoms with Crippen LogP contribution in [0.3, 0.4) is 0 Å². The van der Waals surface area contributed by atoms with Crippen molar-refractivity contribution in [3.8, 4) is 11.8 Å². The van der Waals surface area contributed by atoms with Gasteiger partial charge in [0.2, 0.25) is 0 Å². The van der Waals surface area contributed by atoms with Gasteiger partial charge in [-0.25, -0.2) is 0 Å². The van der Waals surface area contributed by atoms with Crippen LogP contribution in [0.2, 0.25) is 0 Å². The van der Waals surface area contributed by atoms with Crippen molar-refractivity contribution in [3.63, 3.8) is 0 Å². The fourth-order valence-corrected chi connectivity index (χ4v) is 1.33. The van der Waals surface area contributed by atoms with Crippen LogP contribution in [0, 0.1) is 23.2 Å². The van der Waals surface area contributed by atoms with E-state index in [0.717, 1.165) is 5.56 Å². The monoisotopic (exact) mass is 216 g/mol. The van der Waals surface area contributed by atoms with Gasteiger partial charge in [-0.15, -0.1) is 0 Å². The predicted octanol–water partition coefficient (Wildman–Crippen LogP) is 2.79. The van der Waals surface area contributed by atoms with E-state index >= 15 is 0 Å². The minimum Gasteiger partial charge on any atom is -0.480 e. The predicted molar refractivity (Wildman–Crippen MR) is 63.9 cm³/mol. The Morgan fingerprint density at radius 1 is 1.25 bits per heavy atom. The van der Waals surface area contributed by atoms with E-state index < -0.39 is 11.9 Å². The molecule has 1 unspecified atom stereocenters.